The van der Waals surface area contributed by atoms with E-state index in [1.165, 1.54) is 10.9 Å². The Hall–Kier alpha value is -3.81. The van der Waals surface area contributed by atoms with E-state index >= 15 is 0 Å². The van der Waals surface area contributed by atoms with Gasteiger partial charge in [-0.05, 0) is 29.8 Å². The van der Waals surface area contributed by atoms with Crippen LogP contribution in [0.5, 0.6) is 5.88 Å². The normalized spacial score (nSPS) is 10.8. The van der Waals surface area contributed by atoms with Gasteiger partial charge >= 0.3 is 0 Å². The van der Waals surface area contributed by atoms with Crippen LogP contribution in [0.4, 0.5) is 5.82 Å². The lowest BCUT2D eigenvalue weighted by Crippen LogP contribution is -2.19. The van der Waals surface area contributed by atoms with Gasteiger partial charge in [0.05, 0.1) is 24.6 Å². The quantitative estimate of drug-likeness (QED) is 0.573. The van der Waals surface area contributed by atoms with Crippen LogP contribution in [0.3, 0.4) is 0 Å². The maximum Gasteiger partial charge on any atom is 0.264 e. The number of pyridine rings is 3. The van der Waals surface area contributed by atoms with Gasteiger partial charge in [0, 0.05) is 43.8 Å². The molecule has 4 heterocycles. The van der Waals surface area contributed by atoms with E-state index in [4.69, 9.17) is 4.74 Å². The molecule has 0 spiro atoms. The number of methoxy groups -OCH3 is 1. The van der Waals surface area contributed by atoms with E-state index in [9.17, 15) is 4.79 Å². The minimum atomic E-state index is -0.158. The highest BCUT2D eigenvalue weighted by atomic mass is 16.5. The number of aromatic nitrogens is 5. The summed E-state index contributed by atoms with van der Waals surface area (Å²) >= 11 is 0. The summed E-state index contributed by atoms with van der Waals surface area (Å²) in [4.78, 5) is 30.0. The monoisotopic (exact) mass is 374 g/mol. The number of rotatable bonds is 5. The third-order valence-electron chi connectivity index (χ3n) is 4.35. The zero-order chi connectivity index (χ0) is 19.5. The second-order valence-electron chi connectivity index (χ2n) is 6.21. The Morgan fingerprint density at radius 1 is 1.14 bits per heavy atom. The number of ether oxygens (including phenoxy) is 1. The molecule has 0 bridgehead atoms. The van der Waals surface area contributed by atoms with Crippen LogP contribution >= 0.6 is 0 Å². The molecule has 0 saturated carbocycles. The van der Waals surface area contributed by atoms with Crippen LogP contribution in [0.2, 0.25) is 0 Å². The van der Waals surface area contributed by atoms with Gasteiger partial charge in [0.25, 0.3) is 5.56 Å². The number of nitrogens with zero attached hydrogens (tertiary/aromatic N) is 5. The second kappa shape index (κ2) is 7.43. The number of hydrogen-bond donors (Lipinski definition) is 1. The molecule has 4 aromatic heterocycles. The highest BCUT2D eigenvalue weighted by Gasteiger charge is 2.13. The fraction of sp³-hybridized carbons (Fsp3) is 0.150. The molecule has 0 amide bonds. The lowest BCUT2D eigenvalue weighted by atomic mass is 10.1. The van der Waals surface area contributed by atoms with Crippen LogP contribution in [-0.4, -0.2) is 31.6 Å². The molecular formula is C20H18N6O2. The van der Waals surface area contributed by atoms with E-state index in [2.05, 4.69) is 25.3 Å². The molecule has 0 aliphatic rings. The molecule has 0 saturated heterocycles. The van der Waals surface area contributed by atoms with E-state index in [0.717, 1.165) is 11.1 Å². The highest BCUT2D eigenvalue weighted by molar-refractivity contribution is 5.91. The molecule has 4 aromatic rings. The van der Waals surface area contributed by atoms with Gasteiger partial charge < -0.3 is 14.6 Å². The molecule has 4 rings (SSSR count). The van der Waals surface area contributed by atoms with Crippen molar-refractivity contribution >= 4 is 16.7 Å². The summed E-state index contributed by atoms with van der Waals surface area (Å²) in [6.07, 6.45) is 6.64. The van der Waals surface area contributed by atoms with E-state index < -0.39 is 0 Å². The molecule has 0 atom stereocenters. The number of nitrogens with one attached hydrogen (secondary N) is 1. The number of aryl methyl sites for hydroxylation is 1. The van der Waals surface area contributed by atoms with Gasteiger partial charge in [0.15, 0.2) is 0 Å². The minimum absolute atomic E-state index is 0.158. The molecule has 0 aromatic carbocycles. The Balaban J connectivity index is 1.81. The SMILES string of the molecule is COc1ccc(-c2cc3ncn(C)c(=O)c3c(NCc3ccncc3)n2)cn1. The molecule has 28 heavy (non-hydrogen) atoms. The first-order valence-electron chi connectivity index (χ1n) is 8.65. The minimum Gasteiger partial charge on any atom is -0.481 e. The van der Waals surface area contributed by atoms with Crippen LogP contribution in [0.25, 0.3) is 22.2 Å². The molecule has 0 aliphatic heterocycles. The van der Waals surface area contributed by atoms with Crippen molar-refractivity contribution in [1.82, 2.24) is 24.5 Å². The van der Waals surface area contributed by atoms with Gasteiger partial charge in [-0.3, -0.25) is 9.78 Å². The maximum absolute atomic E-state index is 12.7. The Morgan fingerprint density at radius 3 is 2.68 bits per heavy atom. The van der Waals surface area contributed by atoms with E-state index in [1.807, 2.05) is 18.2 Å². The first-order chi connectivity index (χ1) is 13.7. The molecule has 8 heteroatoms. The first kappa shape index (κ1) is 17.6. The fourth-order valence-corrected chi connectivity index (χ4v) is 2.84. The zero-order valence-corrected chi connectivity index (χ0v) is 15.5. The topological polar surface area (TPSA) is 94.8 Å². The summed E-state index contributed by atoms with van der Waals surface area (Å²) in [5.41, 5.74) is 2.91. The van der Waals surface area contributed by atoms with E-state index in [0.29, 0.717) is 34.8 Å². The van der Waals surface area contributed by atoms with Crippen LogP contribution in [0, 0.1) is 0 Å². The van der Waals surface area contributed by atoms with Crippen molar-refractivity contribution in [3.8, 4) is 17.1 Å². The van der Waals surface area contributed by atoms with Crippen molar-refractivity contribution in [2.24, 2.45) is 7.05 Å². The van der Waals surface area contributed by atoms with E-state index in [1.54, 1.807) is 44.9 Å². The summed E-state index contributed by atoms with van der Waals surface area (Å²) in [6.45, 7) is 0.507. The summed E-state index contributed by atoms with van der Waals surface area (Å²) in [5.74, 6) is 1.00. The zero-order valence-electron chi connectivity index (χ0n) is 15.5. The van der Waals surface area contributed by atoms with Crippen molar-refractivity contribution in [2.45, 2.75) is 6.54 Å². The highest BCUT2D eigenvalue weighted by Crippen LogP contribution is 2.25. The van der Waals surface area contributed by atoms with Gasteiger partial charge in [-0.1, -0.05) is 0 Å². The smallest absolute Gasteiger partial charge is 0.264 e. The predicted molar refractivity (Wildman–Crippen MR) is 106 cm³/mol. The van der Waals surface area contributed by atoms with E-state index in [-0.39, 0.29) is 5.56 Å². The largest absolute Gasteiger partial charge is 0.481 e. The summed E-state index contributed by atoms with van der Waals surface area (Å²) in [7, 11) is 3.24. The number of anilines is 1. The Labute approximate surface area is 160 Å². The van der Waals surface area contributed by atoms with Gasteiger partial charge in [0.2, 0.25) is 5.88 Å². The van der Waals surface area contributed by atoms with Crippen molar-refractivity contribution < 1.29 is 4.74 Å². The van der Waals surface area contributed by atoms with Crippen LogP contribution < -0.4 is 15.6 Å². The van der Waals surface area contributed by atoms with Gasteiger partial charge in [-0.2, -0.15) is 0 Å². The molecule has 0 radical (unpaired) electrons. The Kier molecular flexibility index (Phi) is 4.67. The van der Waals surface area contributed by atoms with Crippen molar-refractivity contribution in [3.63, 3.8) is 0 Å². The Morgan fingerprint density at radius 2 is 1.96 bits per heavy atom. The van der Waals surface area contributed by atoms with Gasteiger partial charge in [-0.15, -0.1) is 0 Å². The molecular weight excluding hydrogens is 356 g/mol. The fourth-order valence-electron chi connectivity index (χ4n) is 2.84. The lowest BCUT2D eigenvalue weighted by molar-refractivity contribution is 0.398. The number of fused-ring (bicyclic) bond motifs is 1. The van der Waals surface area contributed by atoms with Gasteiger partial charge in [0.1, 0.15) is 11.2 Å². The Bertz CT molecular complexity index is 1170. The number of hydrogen-bond acceptors (Lipinski definition) is 7. The van der Waals surface area contributed by atoms with Crippen LogP contribution in [0.15, 0.2) is 60.0 Å². The van der Waals surface area contributed by atoms with Crippen molar-refractivity contribution in [1.29, 1.82) is 0 Å². The van der Waals surface area contributed by atoms with Crippen LogP contribution in [-0.2, 0) is 13.6 Å². The average Bonchev–Trinajstić information content (AvgIpc) is 2.75. The molecule has 0 fully saturated rings. The van der Waals surface area contributed by atoms with Crippen molar-refractivity contribution in [3.05, 3.63) is 71.2 Å². The second-order valence-corrected chi connectivity index (χ2v) is 6.21. The molecule has 0 unspecified atom stereocenters. The molecule has 0 aliphatic carbocycles. The molecule has 1 N–H and O–H groups in total. The van der Waals surface area contributed by atoms with Crippen LogP contribution in [0.1, 0.15) is 5.56 Å². The summed E-state index contributed by atoms with van der Waals surface area (Å²) in [5, 5.41) is 3.72. The summed E-state index contributed by atoms with van der Waals surface area (Å²) in [6, 6.07) is 9.24. The summed E-state index contributed by atoms with van der Waals surface area (Å²) < 4.78 is 6.55. The third kappa shape index (κ3) is 3.39. The molecule has 8 nitrogen and oxygen atoms in total. The van der Waals surface area contributed by atoms with Gasteiger partial charge in [-0.25, -0.2) is 15.0 Å². The lowest BCUT2D eigenvalue weighted by Gasteiger charge is -2.12. The standard InChI is InChI=1S/C20H18N6O2/c1-26-12-24-16-9-15(14-3-4-17(28-2)22-11-14)25-19(18(16)20(26)27)23-10-13-5-7-21-8-6-13/h3-9,11-12H,10H2,1-2H3,(H,23,25). The third-order valence-corrected chi connectivity index (χ3v) is 4.35. The maximum atomic E-state index is 12.7. The van der Waals surface area contributed by atoms with Crippen molar-refractivity contribution in [2.75, 3.05) is 12.4 Å². The first-order valence-corrected chi connectivity index (χ1v) is 8.65. The predicted octanol–water partition coefficient (Wildman–Crippen LogP) is 2.41. The average molecular weight is 374 g/mol. The molecule has 140 valence electrons.